The molecule has 0 radical (unpaired) electrons. The van der Waals surface area contributed by atoms with Gasteiger partial charge in [0.2, 0.25) is 5.91 Å². The van der Waals surface area contributed by atoms with Crippen molar-refractivity contribution < 1.29 is 14.0 Å². The van der Waals surface area contributed by atoms with Crippen molar-refractivity contribution >= 4 is 11.9 Å². The Kier molecular flexibility index (Phi) is 5.00. The lowest BCUT2D eigenvalue weighted by Crippen LogP contribution is -2.47. The predicted molar refractivity (Wildman–Crippen MR) is 69.9 cm³/mol. The Bertz CT molecular complexity index is 491. The zero-order chi connectivity index (χ0) is 14.6. The number of hydrogen-bond acceptors (Lipinski definition) is 3. The molecule has 0 saturated carbocycles. The average molecular weight is 267 g/mol. The van der Waals surface area contributed by atoms with E-state index in [0.717, 1.165) is 5.56 Å². The summed E-state index contributed by atoms with van der Waals surface area (Å²) in [5.41, 5.74) is 6.15. The second kappa shape index (κ2) is 6.29. The molecule has 5 nitrogen and oxygen atoms in total. The van der Waals surface area contributed by atoms with Gasteiger partial charge in [-0.1, -0.05) is 12.1 Å². The molecule has 1 aromatic rings. The van der Waals surface area contributed by atoms with Crippen LogP contribution in [0.5, 0.6) is 0 Å². The highest BCUT2D eigenvalue weighted by Gasteiger charge is 2.17. The third kappa shape index (κ3) is 4.33. The monoisotopic (exact) mass is 267 g/mol. The van der Waals surface area contributed by atoms with Crippen LogP contribution in [-0.2, 0) is 4.79 Å². The van der Waals surface area contributed by atoms with Crippen LogP contribution in [0.15, 0.2) is 18.2 Å². The minimum Gasteiger partial charge on any atom is -0.351 e. The van der Waals surface area contributed by atoms with E-state index in [0.29, 0.717) is 5.56 Å². The van der Waals surface area contributed by atoms with Crippen LogP contribution in [0, 0.1) is 12.7 Å². The van der Waals surface area contributed by atoms with Crippen LogP contribution in [0.4, 0.5) is 9.18 Å². The molecule has 19 heavy (non-hydrogen) atoms. The summed E-state index contributed by atoms with van der Waals surface area (Å²) in [6, 6.07) is 3.14. The maximum atomic E-state index is 13.4. The summed E-state index contributed by atoms with van der Waals surface area (Å²) < 4.78 is 13.4. The Labute approximate surface area is 111 Å². The Balaban J connectivity index is 2.68. The molecule has 2 atom stereocenters. The molecule has 1 rings (SSSR count). The van der Waals surface area contributed by atoms with Crippen molar-refractivity contribution in [3.8, 4) is 0 Å². The number of benzene rings is 1. The normalized spacial score (nSPS) is 13.7. The molecular formula is C13H18FN3O2. The van der Waals surface area contributed by atoms with Crippen molar-refractivity contribution in [3.05, 3.63) is 35.1 Å². The summed E-state index contributed by atoms with van der Waals surface area (Å²) >= 11 is 0. The Morgan fingerprint density at radius 2 is 1.95 bits per heavy atom. The van der Waals surface area contributed by atoms with E-state index in [2.05, 4.69) is 5.32 Å². The standard InChI is InChI=1S/C13H18FN3O2/c1-7-4-5-10(6-11(7)14)8(2)16-9(3)12(18)17-13(15)19/h4-6,8-9,16H,1-3H3,(H3,15,17,18,19). The van der Waals surface area contributed by atoms with E-state index in [1.54, 1.807) is 32.9 Å². The smallest absolute Gasteiger partial charge is 0.318 e. The summed E-state index contributed by atoms with van der Waals surface area (Å²) in [6.07, 6.45) is 0. The zero-order valence-corrected chi connectivity index (χ0v) is 11.2. The van der Waals surface area contributed by atoms with Crippen LogP contribution in [-0.4, -0.2) is 18.0 Å². The number of primary amides is 1. The molecule has 104 valence electrons. The molecule has 0 aromatic heterocycles. The number of imide groups is 1. The van der Waals surface area contributed by atoms with Gasteiger partial charge in [-0.25, -0.2) is 9.18 Å². The van der Waals surface area contributed by atoms with Gasteiger partial charge in [-0.15, -0.1) is 0 Å². The molecule has 4 N–H and O–H groups in total. The first-order chi connectivity index (χ1) is 8.81. The molecule has 6 heteroatoms. The highest BCUT2D eigenvalue weighted by molar-refractivity contribution is 5.96. The minimum absolute atomic E-state index is 0.233. The van der Waals surface area contributed by atoms with Crippen LogP contribution in [0.1, 0.15) is 31.0 Å². The fourth-order valence-corrected chi connectivity index (χ4v) is 1.66. The fourth-order valence-electron chi connectivity index (χ4n) is 1.66. The van der Waals surface area contributed by atoms with Gasteiger partial charge in [-0.2, -0.15) is 0 Å². The van der Waals surface area contributed by atoms with E-state index >= 15 is 0 Å². The number of nitrogens with one attached hydrogen (secondary N) is 2. The Morgan fingerprint density at radius 1 is 1.32 bits per heavy atom. The van der Waals surface area contributed by atoms with E-state index < -0.39 is 18.0 Å². The number of aryl methyl sites for hydroxylation is 1. The van der Waals surface area contributed by atoms with Gasteiger partial charge in [0, 0.05) is 6.04 Å². The van der Waals surface area contributed by atoms with E-state index in [4.69, 9.17) is 5.73 Å². The molecule has 0 aliphatic rings. The Hall–Kier alpha value is -1.95. The van der Waals surface area contributed by atoms with Gasteiger partial charge in [-0.05, 0) is 38.0 Å². The number of rotatable bonds is 4. The van der Waals surface area contributed by atoms with E-state index in [1.807, 2.05) is 5.32 Å². The average Bonchev–Trinajstić information content (AvgIpc) is 2.31. The summed E-state index contributed by atoms with van der Waals surface area (Å²) in [5.74, 6) is -0.813. The number of carbonyl (C=O) groups is 2. The second-order valence-electron chi connectivity index (χ2n) is 4.47. The van der Waals surface area contributed by atoms with Gasteiger partial charge < -0.3 is 5.73 Å². The minimum atomic E-state index is -0.896. The lowest BCUT2D eigenvalue weighted by Gasteiger charge is -2.19. The molecule has 2 unspecified atom stereocenters. The number of halogens is 1. The van der Waals surface area contributed by atoms with Crippen molar-refractivity contribution in [2.75, 3.05) is 0 Å². The molecule has 1 aromatic carbocycles. The number of amides is 3. The highest BCUT2D eigenvalue weighted by Crippen LogP contribution is 2.16. The molecular weight excluding hydrogens is 249 g/mol. The van der Waals surface area contributed by atoms with E-state index in [1.165, 1.54) is 6.07 Å². The predicted octanol–water partition coefficient (Wildman–Crippen LogP) is 1.37. The molecule has 3 amide bonds. The van der Waals surface area contributed by atoms with Crippen LogP contribution in [0.3, 0.4) is 0 Å². The molecule has 0 aliphatic carbocycles. The lowest BCUT2D eigenvalue weighted by molar-refractivity contribution is -0.121. The summed E-state index contributed by atoms with van der Waals surface area (Å²) in [5, 5.41) is 4.94. The third-order valence-corrected chi connectivity index (χ3v) is 2.84. The molecule has 0 saturated heterocycles. The van der Waals surface area contributed by atoms with Crippen LogP contribution >= 0.6 is 0 Å². The zero-order valence-electron chi connectivity index (χ0n) is 11.2. The highest BCUT2D eigenvalue weighted by atomic mass is 19.1. The van der Waals surface area contributed by atoms with Crippen LogP contribution in [0.25, 0.3) is 0 Å². The van der Waals surface area contributed by atoms with Crippen molar-refractivity contribution in [1.82, 2.24) is 10.6 Å². The van der Waals surface area contributed by atoms with E-state index in [9.17, 15) is 14.0 Å². The number of hydrogen-bond donors (Lipinski definition) is 3. The first-order valence-electron chi connectivity index (χ1n) is 5.93. The maximum absolute atomic E-state index is 13.4. The quantitative estimate of drug-likeness (QED) is 0.770. The number of nitrogens with two attached hydrogens (primary N) is 1. The molecule has 0 fully saturated rings. The third-order valence-electron chi connectivity index (χ3n) is 2.84. The fraction of sp³-hybridized carbons (Fsp3) is 0.385. The van der Waals surface area contributed by atoms with Gasteiger partial charge in [-0.3, -0.25) is 15.4 Å². The van der Waals surface area contributed by atoms with Crippen molar-refractivity contribution in [2.24, 2.45) is 5.73 Å². The van der Waals surface area contributed by atoms with Gasteiger partial charge >= 0.3 is 6.03 Å². The van der Waals surface area contributed by atoms with Gasteiger partial charge in [0.15, 0.2) is 0 Å². The van der Waals surface area contributed by atoms with Crippen molar-refractivity contribution in [1.29, 1.82) is 0 Å². The Morgan fingerprint density at radius 3 is 2.47 bits per heavy atom. The largest absolute Gasteiger partial charge is 0.351 e. The van der Waals surface area contributed by atoms with Gasteiger partial charge in [0.05, 0.1) is 6.04 Å². The van der Waals surface area contributed by atoms with Crippen molar-refractivity contribution in [2.45, 2.75) is 32.9 Å². The van der Waals surface area contributed by atoms with Crippen LogP contribution < -0.4 is 16.4 Å². The number of carbonyl (C=O) groups excluding carboxylic acids is 2. The molecule has 0 bridgehead atoms. The van der Waals surface area contributed by atoms with Gasteiger partial charge in [0.25, 0.3) is 0 Å². The summed E-state index contributed by atoms with van der Waals surface area (Å²) in [6.45, 7) is 5.08. The topological polar surface area (TPSA) is 84.2 Å². The maximum Gasteiger partial charge on any atom is 0.318 e. The van der Waals surface area contributed by atoms with Gasteiger partial charge in [0.1, 0.15) is 5.82 Å². The first kappa shape index (κ1) is 15.1. The van der Waals surface area contributed by atoms with Crippen molar-refractivity contribution in [3.63, 3.8) is 0 Å². The summed E-state index contributed by atoms with van der Waals surface area (Å²) in [4.78, 5) is 22.1. The first-order valence-corrected chi connectivity index (χ1v) is 5.93. The number of urea groups is 1. The second-order valence-corrected chi connectivity index (χ2v) is 4.47. The SMILES string of the molecule is Cc1ccc(C(C)NC(C)C(=O)NC(N)=O)cc1F. The molecule has 0 heterocycles. The summed E-state index contributed by atoms with van der Waals surface area (Å²) in [7, 11) is 0. The molecule has 0 spiro atoms. The van der Waals surface area contributed by atoms with Crippen LogP contribution in [0.2, 0.25) is 0 Å². The van der Waals surface area contributed by atoms with E-state index in [-0.39, 0.29) is 11.9 Å². The lowest BCUT2D eigenvalue weighted by atomic mass is 10.1. The molecule has 0 aliphatic heterocycles.